The molecule has 0 radical (unpaired) electrons. The first-order valence-corrected chi connectivity index (χ1v) is 5.02. The molecule has 0 saturated heterocycles. The van der Waals surface area contributed by atoms with Crippen molar-refractivity contribution in [3.63, 3.8) is 0 Å². The standard InChI is InChI=1S/C9H18N6.HI/c1-4-7(2)13-9(10)11-5-8-14-12-6-15(8)3;/h6-7H,4-5H2,1-3H3,(H3,10,11,13);1H. The summed E-state index contributed by atoms with van der Waals surface area (Å²) in [6.07, 6.45) is 2.66. The highest BCUT2D eigenvalue weighted by Crippen LogP contribution is 1.94. The molecule has 1 aromatic heterocycles. The van der Waals surface area contributed by atoms with Gasteiger partial charge in [0.15, 0.2) is 11.8 Å². The van der Waals surface area contributed by atoms with Crippen molar-refractivity contribution >= 4 is 29.9 Å². The monoisotopic (exact) mass is 338 g/mol. The first kappa shape index (κ1) is 15.1. The average Bonchev–Trinajstić information content (AvgIpc) is 2.61. The molecule has 0 bridgehead atoms. The fraction of sp³-hybridized carbons (Fsp3) is 0.667. The van der Waals surface area contributed by atoms with Crippen molar-refractivity contribution in [2.75, 3.05) is 0 Å². The number of nitrogens with one attached hydrogen (secondary N) is 1. The molecule has 0 amide bonds. The number of aryl methyl sites for hydroxylation is 1. The molecule has 6 nitrogen and oxygen atoms in total. The SMILES string of the molecule is CCC(C)NC(N)=NCc1nncn1C.I. The van der Waals surface area contributed by atoms with Crippen LogP contribution in [0.4, 0.5) is 0 Å². The van der Waals surface area contributed by atoms with Crippen molar-refractivity contribution in [1.29, 1.82) is 0 Å². The normalized spacial score (nSPS) is 13.1. The molecule has 0 fully saturated rings. The minimum Gasteiger partial charge on any atom is -0.370 e. The Hall–Kier alpha value is -0.860. The largest absolute Gasteiger partial charge is 0.370 e. The molecule has 1 unspecified atom stereocenters. The van der Waals surface area contributed by atoms with Gasteiger partial charge >= 0.3 is 0 Å². The van der Waals surface area contributed by atoms with Crippen molar-refractivity contribution in [1.82, 2.24) is 20.1 Å². The molecular formula is C9H19IN6. The molecule has 1 rings (SSSR count). The van der Waals surface area contributed by atoms with Gasteiger partial charge < -0.3 is 15.6 Å². The zero-order valence-corrected chi connectivity index (χ0v) is 12.2. The van der Waals surface area contributed by atoms with Gasteiger partial charge in [0.2, 0.25) is 0 Å². The second kappa shape index (κ2) is 7.42. The van der Waals surface area contributed by atoms with Crippen molar-refractivity contribution in [3.8, 4) is 0 Å². The molecule has 1 aromatic rings. The number of rotatable bonds is 4. The summed E-state index contributed by atoms with van der Waals surface area (Å²) in [5.41, 5.74) is 5.70. The Bertz CT molecular complexity index is 334. The van der Waals surface area contributed by atoms with Gasteiger partial charge in [0.1, 0.15) is 12.9 Å². The number of nitrogens with zero attached hydrogens (tertiary/aromatic N) is 4. The maximum atomic E-state index is 5.70. The predicted molar refractivity (Wildman–Crippen MR) is 74.6 cm³/mol. The van der Waals surface area contributed by atoms with Gasteiger partial charge in [-0.25, -0.2) is 4.99 Å². The van der Waals surface area contributed by atoms with Crippen LogP contribution in [0.25, 0.3) is 0 Å². The number of aliphatic imine (C=N–C) groups is 1. The van der Waals surface area contributed by atoms with Crippen LogP contribution in [0, 0.1) is 0 Å². The lowest BCUT2D eigenvalue weighted by Gasteiger charge is -2.11. The van der Waals surface area contributed by atoms with E-state index in [0.29, 0.717) is 18.5 Å². The average molecular weight is 338 g/mol. The van der Waals surface area contributed by atoms with E-state index in [4.69, 9.17) is 5.73 Å². The van der Waals surface area contributed by atoms with Crippen molar-refractivity contribution in [2.45, 2.75) is 32.9 Å². The Morgan fingerprint density at radius 1 is 1.69 bits per heavy atom. The van der Waals surface area contributed by atoms with Gasteiger partial charge in [-0.2, -0.15) is 0 Å². The Labute approximate surface area is 113 Å². The van der Waals surface area contributed by atoms with Crippen LogP contribution in [0.3, 0.4) is 0 Å². The molecular weight excluding hydrogens is 319 g/mol. The van der Waals surface area contributed by atoms with Gasteiger partial charge in [-0.05, 0) is 13.3 Å². The minimum atomic E-state index is 0. The number of halogens is 1. The zero-order valence-electron chi connectivity index (χ0n) is 9.84. The molecule has 0 aromatic carbocycles. The Morgan fingerprint density at radius 2 is 2.38 bits per heavy atom. The number of hydrogen-bond donors (Lipinski definition) is 2. The fourth-order valence-electron chi connectivity index (χ4n) is 1.01. The summed E-state index contributed by atoms with van der Waals surface area (Å²) in [5.74, 6) is 1.25. The van der Waals surface area contributed by atoms with Crippen molar-refractivity contribution in [2.24, 2.45) is 17.8 Å². The predicted octanol–water partition coefficient (Wildman–Crippen LogP) is 0.636. The lowest BCUT2D eigenvalue weighted by Crippen LogP contribution is -2.38. The zero-order chi connectivity index (χ0) is 11.3. The molecule has 0 aliphatic heterocycles. The first-order chi connectivity index (χ1) is 7.13. The van der Waals surface area contributed by atoms with Crippen LogP contribution in [-0.4, -0.2) is 26.8 Å². The van der Waals surface area contributed by atoms with Gasteiger partial charge in [0.05, 0.1) is 0 Å². The van der Waals surface area contributed by atoms with Crippen molar-refractivity contribution in [3.05, 3.63) is 12.2 Å². The van der Waals surface area contributed by atoms with Crippen LogP contribution >= 0.6 is 24.0 Å². The van der Waals surface area contributed by atoms with Crippen LogP contribution < -0.4 is 11.1 Å². The number of aromatic nitrogens is 3. The van der Waals surface area contributed by atoms with E-state index in [1.54, 1.807) is 6.33 Å². The van der Waals surface area contributed by atoms with Crippen LogP contribution in [0.2, 0.25) is 0 Å². The van der Waals surface area contributed by atoms with Crippen LogP contribution in [-0.2, 0) is 13.6 Å². The van der Waals surface area contributed by atoms with Gasteiger partial charge in [-0.1, -0.05) is 6.92 Å². The van der Waals surface area contributed by atoms with E-state index in [1.165, 1.54) is 0 Å². The summed E-state index contributed by atoms with van der Waals surface area (Å²) in [5, 5.41) is 10.8. The van der Waals surface area contributed by atoms with E-state index in [-0.39, 0.29) is 24.0 Å². The summed E-state index contributed by atoms with van der Waals surface area (Å²) >= 11 is 0. The number of guanidine groups is 1. The van der Waals surface area contributed by atoms with E-state index in [1.807, 2.05) is 11.6 Å². The summed E-state index contributed by atoms with van der Waals surface area (Å²) in [6.45, 7) is 4.60. The fourth-order valence-corrected chi connectivity index (χ4v) is 1.01. The Morgan fingerprint density at radius 3 is 2.88 bits per heavy atom. The van der Waals surface area contributed by atoms with E-state index in [9.17, 15) is 0 Å². The third-order valence-electron chi connectivity index (χ3n) is 2.20. The maximum Gasteiger partial charge on any atom is 0.189 e. The molecule has 7 heteroatoms. The molecule has 92 valence electrons. The Balaban J connectivity index is 0.00000225. The number of nitrogens with two attached hydrogens (primary N) is 1. The third kappa shape index (κ3) is 4.77. The van der Waals surface area contributed by atoms with Crippen LogP contribution in [0.1, 0.15) is 26.1 Å². The van der Waals surface area contributed by atoms with E-state index in [2.05, 4.69) is 34.4 Å². The van der Waals surface area contributed by atoms with Crippen LogP contribution in [0.5, 0.6) is 0 Å². The topological polar surface area (TPSA) is 81.1 Å². The summed E-state index contributed by atoms with van der Waals surface area (Å²) in [7, 11) is 1.88. The van der Waals surface area contributed by atoms with Gasteiger partial charge in [0.25, 0.3) is 0 Å². The lowest BCUT2D eigenvalue weighted by atomic mass is 10.3. The second-order valence-electron chi connectivity index (χ2n) is 3.51. The maximum absolute atomic E-state index is 5.70. The Kier molecular flexibility index (Phi) is 7.02. The van der Waals surface area contributed by atoms with Crippen molar-refractivity contribution < 1.29 is 0 Å². The molecule has 3 N–H and O–H groups in total. The summed E-state index contributed by atoms with van der Waals surface area (Å²) in [4.78, 5) is 4.18. The molecule has 0 spiro atoms. The summed E-state index contributed by atoms with van der Waals surface area (Å²) < 4.78 is 1.82. The number of hydrogen-bond acceptors (Lipinski definition) is 3. The van der Waals surface area contributed by atoms with Gasteiger partial charge in [0, 0.05) is 13.1 Å². The molecule has 0 saturated carbocycles. The molecule has 1 heterocycles. The minimum absolute atomic E-state index is 0. The summed E-state index contributed by atoms with van der Waals surface area (Å²) in [6, 6.07) is 0.341. The lowest BCUT2D eigenvalue weighted by molar-refractivity contribution is 0.635. The first-order valence-electron chi connectivity index (χ1n) is 5.02. The van der Waals surface area contributed by atoms with E-state index >= 15 is 0 Å². The van der Waals surface area contributed by atoms with Gasteiger partial charge in [-0.15, -0.1) is 34.2 Å². The molecule has 16 heavy (non-hydrogen) atoms. The van der Waals surface area contributed by atoms with Gasteiger partial charge in [-0.3, -0.25) is 0 Å². The highest BCUT2D eigenvalue weighted by Gasteiger charge is 2.01. The third-order valence-corrected chi connectivity index (χ3v) is 2.20. The molecule has 0 aliphatic carbocycles. The second-order valence-corrected chi connectivity index (χ2v) is 3.51. The molecule has 1 atom stereocenters. The highest BCUT2D eigenvalue weighted by molar-refractivity contribution is 14.0. The molecule has 0 aliphatic rings. The van der Waals surface area contributed by atoms with E-state index in [0.717, 1.165) is 12.2 Å². The van der Waals surface area contributed by atoms with E-state index < -0.39 is 0 Å². The highest BCUT2D eigenvalue weighted by atomic mass is 127. The quantitative estimate of drug-likeness (QED) is 0.480. The smallest absolute Gasteiger partial charge is 0.189 e. The van der Waals surface area contributed by atoms with Crippen LogP contribution in [0.15, 0.2) is 11.3 Å².